The largest absolute Gasteiger partial charge is 0.304 e. The zero-order chi connectivity index (χ0) is 14.5. The van der Waals surface area contributed by atoms with Crippen LogP contribution in [0.1, 0.15) is 31.8 Å². The predicted octanol–water partition coefficient (Wildman–Crippen LogP) is 3.06. The summed E-state index contributed by atoms with van der Waals surface area (Å²) in [7, 11) is 0. The molecule has 20 heavy (non-hydrogen) atoms. The number of hydrogen-bond acceptors (Lipinski definition) is 3. The first-order valence-corrected chi connectivity index (χ1v) is 6.01. The van der Waals surface area contributed by atoms with Gasteiger partial charge in [0.2, 0.25) is 0 Å². The van der Waals surface area contributed by atoms with E-state index in [4.69, 9.17) is 5.41 Å². The number of halogens is 1. The molecule has 0 unspecified atom stereocenters. The van der Waals surface area contributed by atoms with Crippen molar-refractivity contribution in [3.8, 4) is 0 Å². The lowest BCUT2D eigenvalue weighted by Crippen LogP contribution is -2.07. The van der Waals surface area contributed by atoms with Crippen LogP contribution >= 0.6 is 0 Å². The highest BCUT2D eigenvalue weighted by Crippen LogP contribution is 2.14. The molecule has 0 radical (unpaired) electrons. The molecule has 2 rings (SSSR count). The molecule has 0 fully saturated rings. The summed E-state index contributed by atoms with van der Waals surface area (Å²) in [5.41, 5.74) is 1.85. The number of aldehydes is 2. The van der Waals surface area contributed by atoms with Crippen molar-refractivity contribution >= 4 is 18.3 Å². The Morgan fingerprint density at radius 2 is 1.75 bits per heavy atom. The first-order chi connectivity index (χ1) is 9.65. The summed E-state index contributed by atoms with van der Waals surface area (Å²) in [6, 6.07) is 11.0. The van der Waals surface area contributed by atoms with Crippen LogP contribution in [0.5, 0.6) is 0 Å². The lowest BCUT2D eigenvalue weighted by molar-refractivity contribution is 0.111. The Hall–Kier alpha value is -2.62. The highest BCUT2D eigenvalue weighted by Gasteiger charge is 2.09. The number of nitrogens with one attached hydrogen (secondary N) is 1. The molecule has 3 nitrogen and oxygen atoms in total. The second kappa shape index (κ2) is 6.02. The highest BCUT2D eigenvalue weighted by molar-refractivity contribution is 6.05. The fraction of sp³-hybridized carbons (Fsp3) is 0.0625. The zero-order valence-corrected chi connectivity index (χ0v) is 10.6. The van der Waals surface area contributed by atoms with Crippen LogP contribution in [-0.2, 0) is 6.42 Å². The van der Waals surface area contributed by atoms with Crippen molar-refractivity contribution in [2.75, 3.05) is 0 Å². The number of benzene rings is 2. The maximum Gasteiger partial charge on any atom is 0.153 e. The first kappa shape index (κ1) is 13.8. The van der Waals surface area contributed by atoms with E-state index in [2.05, 4.69) is 0 Å². The van der Waals surface area contributed by atoms with E-state index in [-0.39, 0.29) is 17.7 Å². The monoisotopic (exact) mass is 269 g/mol. The van der Waals surface area contributed by atoms with E-state index < -0.39 is 5.82 Å². The average molecular weight is 269 g/mol. The van der Waals surface area contributed by atoms with Gasteiger partial charge in [0, 0.05) is 23.3 Å². The van der Waals surface area contributed by atoms with Crippen LogP contribution in [0.15, 0.2) is 42.5 Å². The Bertz CT molecular complexity index is 680. The van der Waals surface area contributed by atoms with Crippen molar-refractivity contribution in [3.05, 3.63) is 70.5 Å². The molecule has 0 saturated heterocycles. The molecule has 0 atom stereocenters. The van der Waals surface area contributed by atoms with E-state index >= 15 is 0 Å². The SMILES string of the molecule is N=C(Cc1ccc(F)c(C=O)c1)c1ccccc1C=O. The van der Waals surface area contributed by atoms with Gasteiger partial charge >= 0.3 is 0 Å². The smallest absolute Gasteiger partial charge is 0.153 e. The van der Waals surface area contributed by atoms with Gasteiger partial charge in [0.1, 0.15) is 5.82 Å². The lowest BCUT2D eigenvalue weighted by atomic mass is 9.97. The molecule has 0 aliphatic carbocycles. The second-order valence-corrected chi connectivity index (χ2v) is 4.33. The van der Waals surface area contributed by atoms with Crippen LogP contribution in [0.25, 0.3) is 0 Å². The molecular weight excluding hydrogens is 257 g/mol. The number of hydrogen-bond donors (Lipinski definition) is 1. The molecular formula is C16H12FNO2. The summed E-state index contributed by atoms with van der Waals surface area (Å²) in [4.78, 5) is 21.6. The van der Waals surface area contributed by atoms with Crippen molar-refractivity contribution in [3.63, 3.8) is 0 Å². The van der Waals surface area contributed by atoms with Crippen LogP contribution < -0.4 is 0 Å². The Morgan fingerprint density at radius 3 is 2.45 bits per heavy atom. The molecule has 0 aromatic heterocycles. The third kappa shape index (κ3) is 2.85. The van der Waals surface area contributed by atoms with Crippen LogP contribution in [-0.4, -0.2) is 18.3 Å². The van der Waals surface area contributed by atoms with E-state index in [1.165, 1.54) is 18.2 Å². The topological polar surface area (TPSA) is 58.0 Å². The quantitative estimate of drug-likeness (QED) is 0.670. The van der Waals surface area contributed by atoms with Gasteiger partial charge in [0.25, 0.3) is 0 Å². The summed E-state index contributed by atoms with van der Waals surface area (Å²) in [6.45, 7) is 0. The molecule has 0 aliphatic heterocycles. The van der Waals surface area contributed by atoms with Crippen LogP contribution in [0, 0.1) is 11.2 Å². The molecule has 0 amide bonds. The normalized spacial score (nSPS) is 10.1. The van der Waals surface area contributed by atoms with E-state index in [1.807, 2.05) is 0 Å². The van der Waals surface area contributed by atoms with Gasteiger partial charge in [0.15, 0.2) is 12.6 Å². The van der Waals surface area contributed by atoms with E-state index in [1.54, 1.807) is 24.3 Å². The van der Waals surface area contributed by atoms with Crippen molar-refractivity contribution in [1.29, 1.82) is 5.41 Å². The third-order valence-corrected chi connectivity index (χ3v) is 2.98. The summed E-state index contributed by atoms with van der Waals surface area (Å²) in [6.07, 6.45) is 1.37. The van der Waals surface area contributed by atoms with Crippen molar-refractivity contribution < 1.29 is 14.0 Å². The molecule has 2 aromatic carbocycles. The fourth-order valence-corrected chi connectivity index (χ4v) is 1.97. The van der Waals surface area contributed by atoms with Crippen LogP contribution in [0.4, 0.5) is 4.39 Å². The molecule has 4 heteroatoms. The Morgan fingerprint density at radius 1 is 1.05 bits per heavy atom. The lowest BCUT2D eigenvalue weighted by Gasteiger charge is -2.07. The van der Waals surface area contributed by atoms with E-state index in [0.717, 1.165) is 0 Å². The summed E-state index contributed by atoms with van der Waals surface area (Å²) in [5, 5.41) is 8.05. The van der Waals surface area contributed by atoms with Gasteiger partial charge < -0.3 is 5.41 Å². The van der Waals surface area contributed by atoms with Gasteiger partial charge in [0.05, 0.1) is 5.56 Å². The van der Waals surface area contributed by atoms with Gasteiger partial charge in [-0.2, -0.15) is 0 Å². The van der Waals surface area contributed by atoms with Gasteiger partial charge in [-0.3, -0.25) is 9.59 Å². The molecule has 100 valence electrons. The second-order valence-electron chi connectivity index (χ2n) is 4.33. The third-order valence-electron chi connectivity index (χ3n) is 2.98. The summed E-state index contributed by atoms with van der Waals surface area (Å²) >= 11 is 0. The van der Waals surface area contributed by atoms with Crippen LogP contribution in [0.2, 0.25) is 0 Å². The number of rotatable bonds is 5. The Kier molecular flexibility index (Phi) is 4.15. The Balaban J connectivity index is 2.28. The van der Waals surface area contributed by atoms with E-state index in [0.29, 0.717) is 29.3 Å². The van der Waals surface area contributed by atoms with E-state index in [9.17, 15) is 14.0 Å². The predicted molar refractivity (Wildman–Crippen MR) is 74.1 cm³/mol. The standard InChI is InChI=1S/C16H12FNO2/c17-15-6-5-11(7-13(15)10-20)8-16(18)14-4-2-1-3-12(14)9-19/h1-7,9-10,18H,8H2. The number of carbonyl (C=O) groups excluding carboxylic acids is 2. The maximum absolute atomic E-state index is 13.2. The Labute approximate surface area is 115 Å². The zero-order valence-electron chi connectivity index (χ0n) is 10.6. The number of carbonyl (C=O) groups is 2. The molecule has 1 N–H and O–H groups in total. The van der Waals surface area contributed by atoms with Crippen molar-refractivity contribution in [2.24, 2.45) is 0 Å². The molecule has 0 aliphatic rings. The minimum Gasteiger partial charge on any atom is -0.304 e. The molecule has 2 aromatic rings. The van der Waals surface area contributed by atoms with Gasteiger partial charge in [-0.1, -0.05) is 30.3 Å². The minimum absolute atomic E-state index is 0.0287. The molecule has 0 saturated carbocycles. The van der Waals surface area contributed by atoms with Gasteiger partial charge in [-0.25, -0.2) is 4.39 Å². The van der Waals surface area contributed by atoms with Gasteiger partial charge in [-0.15, -0.1) is 0 Å². The molecule has 0 bridgehead atoms. The van der Waals surface area contributed by atoms with Crippen LogP contribution in [0.3, 0.4) is 0 Å². The van der Waals surface area contributed by atoms with Gasteiger partial charge in [-0.05, 0) is 17.7 Å². The van der Waals surface area contributed by atoms with Crippen molar-refractivity contribution in [1.82, 2.24) is 0 Å². The summed E-state index contributed by atoms with van der Waals surface area (Å²) < 4.78 is 13.2. The van der Waals surface area contributed by atoms with Crippen molar-refractivity contribution in [2.45, 2.75) is 6.42 Å². The first-order valence-electron chi connectivity index (χ1n) is 6.01. The maximum atomic E-state index is 13.2. The average Bonchev–Trinajstić information content (AvgIpc) is 2.49. The fourth-order valence-electron chi connectivity index (χ4n) is 1.97. The minimum atomic E-state index is -0.580. The molecule has 0 spiro atoms. The highest BCUT2D eigenvalue weighted by atomic mass is 19.1. The molecule has 0 heterocycles. The summed E-state index contributed by atoms with van der Waals surface area (Å²) in [5.74, 6) is -0.580.